The molecule has 4 heterocycles. The van der Waals surface area contributed by atoms with Crippen LogP contribution in [0.25, 0.3) is 10.9 Å². The van der Waals surface area contributed by atoms with Crippen molar-refractivity contribution in [2.45, 2.75) is 37.8 Å². The van der Waals surface area contributed by atoms with E-state index in [4.69, 9.17) is 0 Å². The Hall–Kier alpha value is -4.31. The van der Waals surface area contributed by atoms with Crippen molar-refractivity contribution >= 4 is 34.7 Å². The van der Waals surface area contributed by atoms with E-state index >= 15 is 0 Å². The molecule has 10 heteroatoms. The van der Waals surface area contributed by atoms with Gasteiger partial charge in [0.05, 0.1) is 18.1 Å². The molecule has 206 valence electrons. The summed E-state index contributed by atoms with van der Waals surface area (Å²) in [7, 11) is 0. The molecular formula is C30H32N6O4. The van der Waals surface area contributed by atoms with Gasteiger partial charge in [0.25, 0.3) is 11.8 Å². The molecule has 1 spiro atoms. The summed E-state index contributed by atoms with van der Waals surface area (Å²) in [6.45, 7) is 3.68. The zero-order chi connectivity index (χ0) is 27.9. The van der Waals surface area contributed by atoms with Crippen LogP contribution in [0.15, 0.2) is 54.6 Å². The van der Waals surface area contributed by atoms with Crippen LogP contribution in [0, 0.1) is 12.8 Å². The van der Waals surface area contributed by atoms with Gasteiger partial charge in [-0.1, -0.05) is 30.3 Å². The maximum absolute atomic E-state index is 13.3. The lowest BCUT2D eigenvalue weighted by Gasteiger charge is -2.28. The van der Waals surface area contributed by atoms with Gasteiger partial charge in [-0.05, 0) is 74.7 Å². The highest BCUT2D eigenvalue weighted by Gasteiger charge is 2.59. The smallest absolute Gasteiger partial charge is 0.322 e. The highest BCUT2D eigenvalue weighted by Crippen LogP contribution is 2.29. The first kappa shape index (κ1) is 25.9. The topological polar surface area (TPSA) is 133 Å². The van der Waals surface area contributed by atoms with Gasteiger partial charge in [0.1, 0.15) is 0 Å². The molecule has 1 aromatic heterocycles. The van der Waals surface area contributed by atoms with Crippen LogP contribution < -0.4 is 21.3 Å². The number of nitrogens with zero attached hydrogens (tertiary/aromatic N) is 2. The maximum Gasteiger partial charge on any atom is 0.322 e. The summed E-state index contributed by atoms with van der Waals surface area (Å²) in [5, 5.41) is 12.3. The third kappa shape index (κ3) is 4.79. The van der Waals surface area contributed by atoms with Crippen LogP contribution in [0.2, 0.25) is 0 Å². The number of carbonyl (C=O) groups is 4. The van der Waals surface area contributed by atoms with Crippen molar-refractivity contribution in [2.24, 2.45) is 5.92 Å². The molecule has 5 amide bonds. The van der Waals surface area contributed by atoms with Crippen molar-refractivity contribution in [1.82, 2.24) is 31.2 Å². The lowest BCUT2D eigenvalue weighted by Crippen LogP contribution is -2.62. The van der Waals surface area contributed by atoms with Crippen molar-refractivity contribution < 1.29 is 19.2 Å². The van der Waals surface area contributed by atoms with E-state index in [1.54, 1.807) is 17.0 Å². The van der Waals surface area contributed by atoms with E-state index in [-0.39, 0.29) is 30.8 Å². The number of fused-ring (bicyclic) bond motifs is 1. The lowest BCUT2D eigenvalue weighted by atomic mass is 9.93. The maximum atomic E-state index is 13.3. The number of para-hydroxylation sites is 1. The molecule has 10 nitrogen and oxygen atoms in total. The van der Waals surface area contributed by atoms with E-state index in [1.165, 1.54) is 0 Å². The van der Waals surface area contributed by atoms with Crippen LogP contribution in [0.3, 0.4) is 0 Å². The van der Waals surface area contributed by atoms with Crippen LogP contribution in [0.4, 0.5) is 4.79 Å². The summed E-state index contributed by atoms with van der Waals surface area (Å²) in [5.41, 5.74) is 3.15. The van der Waals surface area contributed by atoms with Gasteiger partial charge in [0.15, 0.2) is 5.54 Å². The Morgan fingerprint density at radius 1 is 1.07 bits per heavy atom. The fourth-order valence-corrected chi connectivity index (χ4v) is 6.15. The van der Waals surface area contributed by atoms with Crippen LogP contribution >= 0.6 is 0 Å². The molecule has 6 rings (SSSR count). The first-order valence-corrected chi connectivity index (χ1v) is 13.7. The quantitative estimate of drug-likeness (QED) is 0.364. The largest absolute Gasteiger partial charge is 0.345 e. The molecule has 2 aromatic carbocycles. The van der Waals surface area contributed by atoms with E-state index in [2.05, 4.69) is 38.4 Å². The van der Waals surface area contributed by atoms with Crippen molar-refractivity contribution in [2.75, 3.05) is 26.2 Å². The monoisotopic (exact) mass is 540 g/mol. The summed E-state index contributed by atoms with van der Waals surface area (Å²) in [5.74, 6) is -1.08. The van der Waals surface area contributed by atoms with E-state index in [0.29, 0.717) is 12.0 Å². The first-order valence-electron chi connectivity index (χ1n) is 13.7. The Balaban J connectivity index is 1.18. The van der Waals surface area contributed by atoms with Gasteiger partial charge >= 0.3 is 6.03 Å². The Bertz CT molecular complexity index is 1500. The number of imide groups is 1. The minimum Gasteiger partial charge on any atom is -0.345 e. The molecule has 3 aromatic rings. The molecule has 3 aliphatic heterocycles. The van der Waals surface area contributed by atoms with Gasteiger partial charge < -0.3 is 20.9 Å². The van der Waals surface area contributed by atoms with E-state index in [9.17, 15) is 19.2 Å². The van der Waals surface area contributed by atoms with E-state index < -0.39 is 23.5 Å². The van der Waals surface area contributed by atoms with Crippen LogP contribution in [0.1, 0.15) is 40.0 Å². The van der Waals surface area contributed by atoms with Gasteiger partial charge in [0.2, 0.25) is 5.91 Å². The number of hydrogen-bond acceptors (Lipinski definition) is 6. The van der Waals surface area contributed by atoms with Crippen LogP contribution in [-0.4, -0.2) is 71.4 Å². The zero-order valence-corrected chi connectivity index (χ0v) is 22.3. The summed E-state index contributed by atoms with van der Waals surface area (Å²) >= 11 is 0. The number of amides is 5. The number of rotatable bonds is 5. The fourth-order valence-electron chi connectivity index (χ4n) is 6.15. The molecular weight excluding hydrogens is 508 g/mol. The standard InChI is InChI=1S/C30H32N6O4/c1-18-14-22(23-4-2-3-5-24(23)32-18)15-19-6-8-20(9-7-19)26(37)33-25-16-36(27(38)21-10-12-31-13-11-21)17-30(25)28(39)34-29(40)35-30/h2-9,14,21,25,31H,10-13,15-17H2,1H3,(H,33,37)(H2,34,35,39,40)/t25-,30+/m1/s1. The number of carbonyl (C=O) groups excluding carboxylic acids is 4. The second kappa shape index (κ2) is 10.3. The Morgan fingerprint density at radius 2 is 1.82 bits per heavy atom. The summed E-state index contributed by atoms with van der Waals surface area (Å²) in [6.07, 6.45) is 2.13. The zero-order valence-electron chi connectivity index (χ0n) is 22.3. The van der Waals surface area contributed by atoms with E-state index in [0.717, 1.165) is 53.7 Å². The number of benzene rings is 2. The van der Waals surface area contributed by atoms with Gasteiger partial charge in [-0.2, -0.15) is 0 Å². The number of piperidine rings is 1. The third-order valence-corrected chi connectivity index (χ3v) is 8.25. The summed E-state index contributed by atoms with van der Waals surface area (Å²) < 4.78 is 0. The predicted octanol–water partition coefficient (Wildman–Crippen LogP) is 1.65. The number of aryl methyl sites for hydroxylation is 1. The molecule has 3 aliphatic rings. The van der Waals surface area contributed by atoms with E-state index in [1.807, 2.05) is 37.3 Å². The summed E-state index contributed by atoms with van der Waals surface area (Å²) in [4.78, 5) is 57.8. The number of likely N-dealkylation sites (tertiary alicyclic amines) is 1. The fraction of sp³-hybridized carbons (Fsp3) is 0.367. The van der Waals surface area contributed by atoms with Crippen molar-refractivity contribution in [1.29, 1.82) is 0 Å². The van der Waals surface area contributed by atoms with Gasteiger partial charge in [0, 0.05) is 29.1 Å². The minimum atomic E-state index is -1.39. The SMILES string of the molecule is Cc1cc(Cc2ccc(C(=O)N[C@@H]3CN(C(=O)C4CCNCC4)C[C@]34NC(=O)NC4=O)cc2)c2ccccc2n1. The average Bonchev–Trinajstić information content (AvgIpc) is 3.46. The molecule has 0 unspecified atom stereocenters. The van der Waals surface area contributed by atoms with Crippen molar-refractivity contribution in [3.05, 3.63) is 77.0 Å². The first-order chi connectivity index (χ1) is 19.3. The second-order valence-corrected chi connectivity index (χ2v) is 11.0. The molecule has 0 radical (unpaired) electrons. The lowest BCUT2D eigenvalue weighted by molar-refractivity contribution is -0.135. The molecule has 0 saturated carbocycles. The Labute approximate surface area is 231 Å². The molecule has 4 N–H and O–H groups in total. The predicted molar refractivity (Wildman–Crippen MR) is 149 cm³/mol. The average molecular weight is 541 g/mol. The number of urea groups is 1. The number of nitrogens with one attached hydrogen (secondary N) is 4. The van der Waals surface area contributed by atoms with Gasteiger partial charge in [-0.3, -0.25) is 24.7 Å². The number of hydrogen-bond donors (Lipinski definition) is 4. The Morgan fingerprint density at radius 3 is 2.55 bits per heavy atom. The van der Waals surface area contributed by atoms with Crippen molar-refractivity contribution in [3.8, 4) is 0 Å². The number of aromatic nitrogens is 1. The minimum absolute atomic E-state index is 0.0243. The van der Waals surface area contributed by atoms with Crippen LogP contribution in [-0.2, 0) is 16.0 Å². The third-order valence-electron chi connectivity index (χ3n) is 8.25. The molecule has 40 heavy (non-hydrogen) atoms. The highest BCUT2D eigenvalue weighted by molar-refractivity contribution is 6.09. The normalized spacial score (nSPS) is 22.9. The molecule has 0 bridgehead atoms. The molecule has 0 aliphatic carbocycles. The van der Waals surface area contributed by atoms with Crippen LogP contribution in [0.5, 0.6) is 0 Å². The molecule has 2 atom stereocenters. The number of pyridine rings is 1. The second-order valence-electron chi connectivity index (χ2n) is 11.0. The Kier molecular flexibility index (Phi) is 6.71. The molecule has 3 saturated heterocycles. The van der Waals surface area contributed by atoms with Gasteiger partial charge in [-0.25, -0.2) is 4.79 Å². The highest BCUT2D eigenvalue weighted by atomic mass is 16.2. The summed E-state index contributed by atoms with van der Waals surface area (Å²) in [6, 6.07) is 16.1. The van der Waals surface area contributed by atoms with Crippen molar-refractivity contribution in [3.63, 3.8) is 0 Å². The van der Waals surface area contributed by atoms with Gasteiger partial charge in [-0.15, -0.1) is 0 Å². The molecule has 3 fully saturated rings.